The van der Waals surface area contributed by atoms with E-state index in [4.69, 9.17) is 9.47 Å². The predicted octanol–water partition coefficient (Wildman–Crippen LogP) is 3.89. The number of hydrogen-bond acceptors (Lipinski definition) is 6. The third-order valence-corrected chi connectivity index (χ3v) is 4.77. The number of anilines is 2. The van der Waals surface area contributed by atoms with Crippen molar-refractivity contribution in [2.24, 2.45) is 5.10 Å². The Hall–Kier alpha value is -4.66. The second-order valence-electron chi connectivity index (χ2n) is 7.77. The summed E-state index contributed by atoms with van der Waals surface area (Å²) >= 11 is 0. The zero-order valence-electron chi connectivity index (χ0n) is 20.1. The molecule has 0 aliphatic carbocycles. The van der Waals surface area contributed by atoms with Gasteiger partial charge in [0.25, 0.3) is 5.91 Å². The normalized spacial score (nSPS) is 10.5. The first kappa shape index (κ1) is 26.0. The molecule has 3 amide bonds. The van der Waals surface area contributed by atoms with Gasteiger partial charge in [-0.05, 0) is 61.9 Å². The zero-order valence-corrected chi connectivity index (χ0v) is 20.1. The molecule has 0 aromatic heterocycles. The van der Waals surface area contributed by atoms with Crippen molar-refractivity contribution >= 4 is 35.3 Å². The lowest BCUT2D eigenvalue weighted by Gasteiger charge is -2.10. The number of carbonyl (C=O) groups is 3. The van der Waals surface area contributed by atoms with E-state index in [-0.39, 0.29) is 12.5 Å². The lowest BCUT2D eigenvalue weighted by atomic mass is 10.2. The van der Waals surface area contributed by atoms with E-state index >= 15 is 0 Å². The van der Waals surface area contributed by atoms with Crippen LogP contribution in [-0.2, 0) is 14.4 Å². The van der Waals surface area contributed by atoms with Crippen LogP contribution >= 0.6 is 0 Å². The molecule has 3 aromatic carbocycles. The fourth-order valence-corrected chi connectivity index (χ4v) is 2.95. The van der Waals surface area contributed by atoms with Crippen LogP contribution in [0.25, 0.3) is 0 Å². The average Bonchev–Trinajstić information content (AvgIpc) is 2.89. The topological polar surface area (TPSA) is 118 Å². The monoisotopic (exact) mass is 488 g/mol. The van der Waals surface area contributed by atoms with Crippen LogP contribution in [0.1, 0.15) is 24.5 Å². The Morgan fingerprint density at radius 2 is 1.50 bits per heavy atom. The first-order valence-corrected chi connectivity index (χ1v) is 11.4. The fourth-order valence-electron chi connectivity index (χ4n) is 2.95. The third kappa shape index (κ3) is 8.28. The zero-order chi connectivity index (χ0) is 25.8. The van der Waals surface area contributed by atoms with Crippen LogP contribution in [-0.4, -0.2) is 37.1 Å². The summed E-state index contributed by atoms with van der Waals surface area (Å²) in [7, 11) is 0. The summed E-state index contributed by atoms with van der Waals surface area (Å²) in [5, 5.41) is 9.08. The molecule has 0 fully saturated rings. The number of benzene rings is 3. The van der Waals surface area contributed by atoms with Crippen LogP contribution in [0.5, 0.6) is 11.5 Å². The van der Waals surface area contributed by atoms with Gasteiger partial charge in [-0.2, -0.15) is 5.10 Å². The SMILES string of the molecule is CCCOc1ccc(NC(=O)C(=O)N/N=C\c2ccccc2OCC(=O)Nc2ccc(C)cc2)cc1. The van der Waals surface area contributed by atoms with Crippen LogP contribution in [0.15, 0.2) is 77.9 Å². The molecular weight excluding hydrogens is 460 g/mol. The van der Waals surface area contributed by atoms with E-state index < -0.39 is 11.8 Å². The van der Waals surface area contributed by atoms with E-state index in [1.807, 2.05) is 38.1 Å². The highest BCUT2D eigenvalue weighted by atomic mass is 16.5. The molecule has 0 atom stereocenters. The van der Waals surface area contributed by atoms with Crippen molar-refractivity contribution in [2.45, 2.75) is 20.3 Å². The maximum Gasteiger partial charge on any atom is 0.329 e. The average molecular weight is 489 g/mol. The number of amides is 3. The van der Waals surface area contributed by atoms with Crippen molar-refractivity contribution in [3.8, 4) is 11.5 Å². The second-order valence-corrected chi connectivity index (χ2v) is 7.77. The number of aryl methyl sites for hydroxylation is 1. The van der Waals surface area contributed by atoms with E-state index in [0.717, 1.165) is 12.0 Å². The largest absolute Gasteiger partial charge is 0.494 e. The molecule has 0 spiro atoms. The van der Waals surface area contributed by atoms with Gasteiger partial charge in [-0.3, -0.25) is 14.4 Å². The molecule has 186 valence electrons. The lowest BCUT2D eigenvalue weighted by molar-refractivity contribution is -0.136. The first-order valence-electron chi connectivity index (χ1n) is 11.4. The first-order chi connectivity index (χ1) is 17.4. The minimum Gasteiger partial charge on any atom is -0.494 e. The summed E-state index contributed by atoms with van der Waals surface area (Å²) in [4.78, 5) is 36.4. The van der Waals surface area contributed by atoms with Crippen molar-refractivity contribution < 1.29 is 23.9 Å². The highest BCUT2D eigenvalue weighted by Gasteiger charge is 2.13. The van der Waals surface area contributed by atoms with Crippen molar-refractivity contribution in [1.82, 2.24) is 5.43 Å². The van der Waals surface area contributed by atoms with Gasteiger partial charge < -0.3 is 20.1 Å². The van der Waals surface area contributed by atoms with E-state index in [1.54, 1.807) is 48.5 Å². The summed E-state index contributed by atoms with van der Waals surface area (Å²) in [6, 6.07) is 21.0. The quantitative estimate of drug-likeness (QED) is 0.227. The molecule has 0 heterocycles. The van der Waals surface area contributed by atoms with Crippen molar-refractivity contribution in [3.63, 3.8) is 0 Å². The van der Waals surface area contributed by atoms with Gasteiger partial charge in [0.05, 0.1) is 12.8 Å². The maximum absolute atomic E-state index is 12.2. The smallest absolute Gasteiger partial charge is 0.329 e. The molecule has 3 aromatic rings. The molecule has 0 radical (unpaired) electrons. The van der Waals surface area contributed by atoms with Gasteiger partial charge in [0.1, 0.15) is 11.5 Å². The van der Waals surface area contributed by atoms with E-state index in [9.17, 15) is 14.4 Å². The minimum absolute atomic E-state index is 0.213. The van der Waals surface area contributed by atoms with Gasteiger partial charge in [-0.1, -0.05) is 36.8 Å². The molecule has 3 N–H and O–H groups in total. The summed E-state index contributed by atoms with van der Waals surface area (Å²) in [6.45, 7) is 4.36. The molecule has 0 aliphatic rings. The fraction of sp³-hybridized carbons (Fsp3) is 0.185. The van der Waals surface area contributed by atoms with E-state index in [1.165, 1.54) is 6.21 Å². The molecule has 0 saturated carbocycles. The van der Waals surface area contributed by atoms with Gasteiger partial charge in [0.15, 0.2) is 6.61 Å². The highest BCUT2D eigenvalue weighted by molar-refractivity contribution is 6.39. The Kier molecular flexibility index (Phi) is 9.58. The van der Waals surface area contributed by atoms with E-state index in [0.29, 0.717) is 35.0 Å². The number of para-hydroxylation sites is 1. The number of nitrogens with one attached hydrogen (secondary N) is 3. The Morgan fingerprint density at radius 1 is 0.833 bits per heavy atom. The lowest BCUT2D eigenvalue weighted by Crippen LogP contribution is -2.32. The number of hydrogen-bond donors (Lipinski definition) is 3. The summed E-state index contributed by atoms with van der Waals surface area (Å²) < 4.78 is 11.1. The number of rotatable bonds is 10. The summed E-state index contributed by atoms with van der Waals surface area (Å²) in [6.07, 6.45) is 2.22. The molecule has 36 heavy (non-hydrogen) atoms. The number of hydrazone groups is 1. The van der Waals surface area contributed by atoms with Gasteiger partial charge in [0.2, 0.25) is 0 Å². The van der Waals surface area contributed by atoms with Crippen LogP contribution in [0.3, 0.4) is 0 Å². The van der Waals surface area contributed by atoms with Crippen LogP contribution in [0.2, 0.25) is 0 Å². The Bertz CT molecular complexity index is 1210. The summed E-state index contributed by atoms with van der Waals surface area (Å²) in [5.74, 6) is -1.05. The molecule has 0 aliphatic heterocycles. The Labute approximate surface area is 209 Å². The maximum atomic E-state index is 12.2. The molecule has 9 heteroatoms. The standard InChI is InChI=1S/C27H28N4O5/c1-3-16-35-23-14-12-22(13-15-23)30-26(33)27(34)31-28-17-20-6-4-5-7-24(20)36-18-25(32)29-21-10-8-19(2)9-11-21/h4-15,17H,3,16,18H2,1-2H3,(H,29,32)(H,30,33)(H,31,34)/b28-17-. The van der Waals surface area contributed by atoms with Gasteiger partial charge >= 0.3 is 11.8 Å². The Balaban J connectivity index is 1.49. The predicted molar refractivity (Wildman–Crippen MR) is 138 cm³/mol. The van der Waals surface area contributed by atoms with Gasteiger partial charge in [-0.15, -0.1) is 0 Å². The van der Waals surface area contributed by atoms with Crippen molar-refractivity contribution in [2.75, 3.05) is 23.8 Å². The van der Waals surface area contributed by atoms with E-state index in [2.05, 4.69) is 21.2 Å². The second kappa shape index (κ2) is 13.3. The number of ether oxygens (including phenoxy) is 2. The van der Waals surface area contributed by atoms with Crippen molar-refractivity contribution in [1.29, 1.82) is 0 Å². The van der Waals surface area contributed by atoms with Crippen molar-refractivity contribution in [3.05, 3.63) is 83.9 Å². The van der Waals surface area contributed by atoms with Crippen LogP contribution < -0.4 is 25.5 Å². The minimum atomic E-state index is -0.937. The molecule has 0 bridgehead atoms. The molecule has 3 rings (SSSR count). The molecule has 0 unspecified atom stereocenters. The highest BCUT2D eigenvalue weighted by Crippen LogP contribution is 2.17. The molecular formula is C27H28N4O5. The molecule has 9 nitrogen and oxygen atoms in total. The summed E-state index contributed by atoms with van der Waals surface area (Å²) in [5.41, 5.74) is 4.91. The van der Waals surface area contributed by atoms with Crippen LogP contribution in [0.4, 0.5) is 11.4 Å². The van der Waals surface area contributed by atoms with Crippen LogP contribution in [0, 0.1) is 6.92 Å². The number of nitrogens with zero attached hydrogens (tertiary/aromatic N) is 1. The molecule has 0 saturated heterocycles. The van der Waals surface area contributed by atoms with Gasteiger partial charge in [0, 0.05) is 16.9 Å². The van der Waals surface area contributed by atoms with Gasteiger partial charge in [-0.25, -0.2) is 5.43 Å². The third-order valence-electron chi connectivity index (χ3n) is 4.77. The Morgan fingerprint density at radius 3 is 2.22 bits per heavy atom. The number of carbonyl (C=O) groups excluding carboxylic acids is 3.